The summed E-state index contributed by atoms with van der Waals surface area (Å²) in [4.78, 5) is 11.8. The largest absolute Gasteiger partial charge is 0.347 e. The molecule has 0 saturated heterocycles. The molecule has 1 aromatic carbocycles. The zero-order valence-corrected chi connectivity index (χ0v) is 10.6. The normalized spacial score (nSPS) is 12.9. The summed E-state index contributed by atoms with van der Waals surface area (Å²) in [5.74, 6) is 1.04. The lowest BCUT2D eigenvalue weighted by atomic mass is 10.0. The number of H-pyrrole nitrogens is 1. The van der Waals surface area contributed by atoms with Crippen molar-refractivity contribution in [3.05, 3.63) is 46.6 Å². The van der Waals surface area contributed by atoms with Gasteiger partial charge in [0.1, 0.15) is 0 Å². The van der Waals surface area contributed by atoms with Crippen LogP contribution in [0.3, 0.4) is 0 Å². The van der Waals surface area contributed by atoms with Crippen molar-refractivity contribution in [3.8, 4) is 5.69 Å². The highest BCUT2D eigenvalue weighted by Crippen LogP contribution is 2.18. The van der Waals surface area contributed by atoms with Crippen molar-refractivity contribution < 1.29 is 0 Å². The molecule has 0 bridgehead atoms. The lowest BCUT2D eigenvalue weighted by molar-refractivity contribution is 0.487. The van der Waals surface area contributed by atoms with Crippen molar-refractivity contribution in [2.24, 2.45) is 11.7 Å². The Morgan fingerprint density at radius 2 is 2.00 bits per heavy atom. The van der Waals surface area contributed by atoms with Gasteiger partial charge in [-0.1, -0.05) is 32.0 Å². The summed E-state index contributed by atoms with van der Waals surface area (Å²) in [6.07, 6.45) is 0.789. The van der Waals surface area contributed by atoms with Gasteiger partial charge in [0.2, 0.25) is 0 Å². The first-order valence-corrected chi connectivity index (χ1v) is 6.08. The van der Waals surface area contributed by atoms with Crippen molar-refractivity contribution >= 4 is 0 Å². The number of nitrogens with zero attached hydrogens (tertiary/aromatic N) is 2. The molecule has 2 rings (SSSR count). The average molecular weight is 246 g/mol. The zero-order valence-electron chi connectivity index (χ0n) is 10.6. The Morgan fingerprint density at radius 3 is 2.61 bits per heavy atom. The summed E-state index contributed by atoms with van der Waals surface area (Å²) in [6.45, 7) is 4.19. The van der Waals surface area contributed by atoms with E-state index in [1.165, 1.54) is 4.57 Å². The molecule has 0 aliphatic carbocycles. The zero-order chi connectivity index (χ0) is 13.1. The van der Waals surface area contributed by atoms with Gasteiger partial charge in [0.15, 0.2) is 5.82 Å². The predicted molar refractivity (Wildman–Crippen MR) is 70.6 cm³/mol. The van der Waals surface area contributed by atoms with E-state index in [0.29, 0.717) is 11.7 Å². The highest BCUT2D eigenvalue weighted by Gasteiger charge is 2.18. The molecular weight excluding hydrogens is 228 g/mol. The van der Waals surface area contributed by atoms with Crippen LogP contribution in [0, 0.1) is 5.92 Å². The number of rotatable bonds is 4. The molecule has 18 heavy (non-hydrogen) atoms. The molecule has 0 saturated carbocycles. The Morgan fingerprint density at radius 1 is 1.33 bits per heavy atom. The smallest absolute Gasteiger partial charge is 0.321 e. The van der Waals surface area contributed by atoms with E-state index in [-0.39, 0.29) is 11.7 Å². The number of nitrogens with one attached hydrogen (secondary N) is 1. The summed E-state index contributed by atoms with van der Waals surface area (Å²) in [5, 5.41) is 6.51. The standard InChI is InChI=1S/C13H18N4O/c1-9(2)8-11(14)12-15-16-13(18)17(12)10-6-4-3-5-7-10/h3-7,9,11H,8,14H2,1-2H3,(H,16,18)/t11-/m0/s1. The van der Waals surface area contributed by atoms with E-state index in [2.05, 4.69) is 24.0 Å². The van der Waals surface area contributed by atoms with Gasteiger partial charge in [-0.3, -0.25) is 0 Å². The van der Waals surface area contributed by atoms with Crippen LogP contribution in [0.25, 0.3) is 5.69 Å². The molecule has 0 aliphatic heterocycles. The van der Waals surface area contributed by atoms with Gasteiger partial charge in [-0.05, 0) is 24.5 Å². The number of hydrogen-bond donors (Lipinski definition) is 2. The summed E-state index contributed by atoms with van der Waals surface area (Å²) < 4.78 is 1.53. The van der Waals surface area contributed by atoms with Crippen molar-refractivity contribution in [1.82, 2.24) is 14.8 Å². The van der Waals surface area contributed by atoms with Gasteiger partial charge in [0.25, 0.3) is 0 Å². The van der Waals surface area contributed by atoms with E-state index in [9.17, 15) is 4.79 Å². The molecule has 5 heteroatoms. The Bertz CT molecular complexity index is 556. The molecule has 2 aromatic rings. The first-order valence-electron chi connectivity index (χ1n) is 6.08. The topological polar surface area (TPSA) is 76.7 Å². The lowest BCUT2D eigenvalue weighted by Gasteiger charge is -2.14. The van der Waals surface area contributed by atoms with Crippen molar-refractivity contribution in [2.75, 3.05) is 0 Å². The summed E-state index contributed by atoms with van der Waals surface area (Å²) >= 11 is 0. The fourth-order valence-electron chi connectivity index (χ4n) is 2.00. The molecule has 0 aliphatic rings. The van der Waals surface area contributed by atoms with Crippen LogP contribution in [0.4, 0.5) is 0 Å². The Labute approximate surface area is 106 Å². The van der Waals surface area contributed by atoms with Gasteiger partial charge in [-0.25, -0.2) is 14.5 Å². The summed E-state index contributed by atoms with van der Waals surface area (Å²) in [7, 11) is 0. The minimum Gasteiger partial charge on any atom is -0.321 e. The molecule has 0 unspecified atom stereocenters. The van der Waals surface area contributed by atoms with Crippen LogP contribution in [-0.2, 0) is 0 Å². The summed E-state index contributed by atoms with van der Waals surface area (Å²) in [6, 6.07) is 9.15. The maximum absolute atomic E-state index is 11.8. The predicted octanol–water partition coefficient (Wildman–Crippen LogP) is 1.61. The van der Waals surface area contributed by atoms with Crippen LogP contribution in [-0.4, -0.2) is 14.8 Å². The molecule has 0 amide bonds. The molecule has 1 aromatic heterocycles. The van der Waals surface area contributed by atoms with Crippen LogP contribution < -0.4 is 11.4 Å². The molecule has 3 N–H and O–H groups in total. The number of aromatic nitrogens is 3. The molecule has 0 spiro atoms. The van der Waals surface area contributed by atoms with Crippen LogP contribution in [0.2, 0.25) is 0 Å². The minimum absolute atomic E-state index is 0.246. The number of para-hydroxylation sites is 1. The van der Waals surface area contributed by atoms with E-state index in [0.717, 1.165) is 12.1 Å². The molecule has 0 radical (unpaired) electrons. The van der Waals surface area contributed by atoms with Gasteiger partial charge < -0.3 is 5.73 Å². The Hall–Kier alpha value is -1.88. The number of hydrogen-bond acceptors (Lipinski definition) is 3. The number of nitrogens with two attached hydrogens (primary N) is 1. The van der Waals surface area contributed by atoms with E-state index in [4.69, 9.17) is 5.73 Å². The van der Waals surface area contributed by atoms with Crippen molar-refractivity contribution in [2.45, 2.75) is 26.3 Å². The first-order chi connectivity index (χ1) is 8.59. The number of benzene rings is 1. The Kier molecular flexibility index (Phi) is 3.62. The van der Waals surface area contributed by atoms with Crippen LogP contribution >= 0.6 is 0 Å². The maximum Gasteiger partial charge on any atom is 0.347 e. The molecule has 96 valence electrons. The van der Waals surface area contributed by atoms with Crippen molar-refractivity contribution in [3.63, 3.8) is 0 Å². The highest BCUT2D eigenvalue weighted by atomic mass is 16.1. The van der Waals surface area contributed by atoms with E-state index >= 15 is 0 Å². The van der Waals surface area contributed by atoms with E-state index in [1.54, 1.807) is 0 Å². The maximum atomic E-state index is 11.8. The second-order valence-corrected chi connectivity index (χ2v) is 4.79. The SMILES string of the molecule is CC(C)C[C@H](N)c1n[nH]c(=O)n1-c1ccccc1. The molecule has 1 atom stereocenters. The van der Waals surface area contributed by atoms with Gasteiger partial charge in [0.05, 0.1) is 11.7 Å². The fourth-order valence-corrected chi connectivity index (χ4v) is 2.00. The van der Waals surface area contributed by atoms with Gasteiger partial charge in [-0.15, -0.1) is 0 Å². The third-order valence-electron chi connectivity index (χ3n) is 2.77. The van der Waals surface area contributed by atoms with Crippen LogP contribution in [0.15, 0.2) is 35.1 Å². The first kappa shape index (κ1) is 12.6. The second-order valence-electron chi connectivity index (χ2n) is 4.79. The quantitative estimate of drug-likeness (QED) is 0.860. The third-order valence-corrected chi connectivity index (χ3v) is 2.77. The Balaban J connectivity index is 2.42. The average Bonchev–Trinajstić information content (AvgIpc) is 2.71. The minimum atomic E-state index is -0.254. The van der Waals surface area contributed by atoms with E-state index in [1.807, 2.05) is 30.3 Å². The molecule has 0 fully saturated rings. The van der Waals surface area contributed by atoms with Crippen molar-refractivity contribution in [1.29, 1.82) is 0 Å². The molecule has 1 heterocycles. The van der Waals surface area contributed by atoms with Gasteiger partial charge >= 0.3 is 5.69 Å². The number of aromatic amines is 1. The fraction of sp³-hybridized carbons (Fsp3) is 0.385. The molecular formula is C13H18N4O. The summed E-state index contributed by atoms with van der Waals surface area (Å²) in [5.41, 5.74) is 6.63. The highest BCUT2D eigenvalue weighted by molar-refractivity contribution is 5.32. The van der Waals surface area contributed by atoms with E-state index < -0.39 is 0 Å². The monoisotopic (exact) mass is 246 g/mol. The third kappa shape index (κ3) is 2.51. The molecule has 5 nitrogen and oxygen atoms in total. The van der Waals surface area contributed by atoms with Gasteiger partial charge in [0, 0.05) is 0 Å². The van der Waals surface area contributed by atoms with Crippen LogP contribution in [0.5, 0.6) is 0 Å². The second kappa shape index (κ2) is 5.18. The van der Waals surface area contributed by atoms with Gasteiger partial charge in [-0.2, -0.15) is 5.10 Å². The van der Waals surface area contributed by atoms with Crippen LogP contribution in [0.1, 0.15) is 32.1 Å². The lowest BCUT2D eigenvalue weighted by Crippen LogP contribution is -2.22.